The fourth-order valence-electron chi connectivity index (χ4n) is 3.82. The lowest BCUT2D eigenvalue weighted by atomic mass is 9.80. The van der Waals surface area contributed by atoms with Gasteiger partial charge in [-0.2, -0.15) is 0 Å². The normalized spacial score (nSPS) is 30.5. The first-order chi connectivity index (χ1) is 10.3. The molecule has 2 amide bonds. The Kier molecular flexibility index (Phi) is 4.78. The Morgan fingerprint density at radius 3 is 1.62 bits per heavy atom. The molecule has 0 radical (unpaired) electrons. The van der Waals surface area contributed by atoms with Gasteiger partial charge in [0.1, 0.15) is 0 Å². The van der Waals surface area contributed by atoms with Crippen molar-refractivity contribution in [2.75, 3.05) is 39.4 Å². The van der Waals surface area contributed by atoms with E-state index in [1.807, 2.05) is 9.80 Å². The van der Waals surface area contributed by atoms with Crippen LogP contribution in [-0.4, -0.2) is 61.0 Å². The number of morpholine rings is 1. The van der Waals surface area contributed by atoms with Crippen LogP contribution in [0.25, 0.3) is 0 Å². The van der Waals surface area contributed by atoms with Crippen molar-refractivity contribution < 1.29 is 14.3 Å². The molecule has 118 valence electrons. The van der Waals surface area contributed by atoms with Crippen LogP contribution in [0.1, 0.15) is 38.5 Å². The summed E-state index contributed by atoms with van der Waals surface area (Å²) >= 11 is 0. The number of likely N-dealkylation sites (tertiary alicyclic amines) is 1. The lowest BCUT2D eigenvalue weighted by Gasteiger charge is -2.34. The van der Waals surface area contributed by atoms with Crippen LogP contribution in [0.15, 0.2) is 0 Å². The fraction of sp³-hybridized carbons (Fsp3) is 0.875. The highest BCUT2D eigenvalue weighted by Crippen LogP contribution is 2.32. The van der Waals surface area contributed by atoms with Gasteiger partial charge < -0.3 is 14.5 Å². The highest BCUT2D eigenvalue weighted by molar-refractivity contribution is 5.81. The van der Waals surface area contributed by atoms with E-state index in [0.717, 1.165) is 64.7 Å². The van der Waals surface area contributed by atoms with E-state index in [1.165, 1.54) is 0 Å². The second-order valence-electron chi connectivity index (χ2n) is 6.52. The zero-order valence-corrected chi connectivity index (χ0v) is 12.8. The van der Waals surface area contributed by atoms with Crippen molar-refractivity contribution in [1.82, 2.24) is 9.80 Å². The standard InChI is InChI=1S/C16H26N2O3/c19-15(17-7-1-2-8-17)13-3-5-14(6-4-13)16(20)18-9-11-21-12-10-18/h13-14H,1-12H2. The van der Waals surface area contributed by atoms with Gasteiger partial charge in [0.05, 0.1) is 13.2 Å². The third-order valence-corrected chi connectivity index (χ3v) is 5.17. The molecular formula is C16H26N2O3. The predicted octanol–water partition coefficient (Wildman–Crippen LogP) is 1.27. The molecule has 3 fully saturated rings. The molecule has 21 heavy (non-hydrogen) atoms. The van der Waals surface area contributed by atoms with E-state index < -0.39 is 0 Å². The van der Waals surface area contributed by atoms with E-state index in [1.54, 1.807) is 0 Å². The zero-order valence-electron chi connectivity index (χ0n) is 12.8. The summed E-state index contributed by atoms with van der Waals surface area (Å²) in [6.07, 6.45) is 5.82. The smallest absolute Gasteiger partial charge is 0.225 e. The van der Waals surface area contributed by atoms with Gasteiger partial charge in [0, 0.05) is 38.0 Å². The molecule has 5 nitrogen and oxygen atoms in total. The van der Waals surface area contributed by atoms with Crippen molar-refractivity contribution in [3.05, 3.63) is 0 Å². The third-order valence-electron chi connectivity index (χ3n) is 5.17. The number of hydrogen-bond donors (Lipinski definition) is 0. The Hall–Kier alpha value is -1.10. The molecule has 0 atom stereocenters. The molecule has 0 aromatic rings. The molecule has 5 heteroatoms. The van der Waals surface area contributed by atoms with Gasteiger partial charge in [-0.1, -0.05) is 0 Å². The lowest BCUT2D eigenvalue weighted by molar-refractivity contribution is -0.143. The van der Waals surface area contributed by atoms with Crippen LogP contribution in [-0.2, 0) is 14.3 Å². The van der Waals surface area contributed by atoms with E-state index in [0.29, 0.717) is 19.1 Å². The molecule has 0 aromatic carbocycles. The van der Waals surface area contributed by atoms with E-state index in [9.17, 15) is 9.59 Å². The van der Waals surface area contributed by atoms with E-state index in [4.69, 9.17) is 4.74 Å². The highest BCUT2D eigenvalue weighted by Gasteiger charge is 2.34. The molecule has 0 bridgehead atoms. The highest BCUT2D eigenvalue weighted by atomic mass is 16.5. The maximum atomic E-state index is 12.5. The second kappa shape index (κ2) is 6.77. The summed E-state index contributed by atoms with van der Waals surface area (Å²) in [6, 6.07) is 0. The Bertz CT molecular complexity index is 379. The number of nitrogens with zero attached hydrogens (tertiary/aromatic N) is 2. The molecule has 2 saturated heterocycles. The average molecular weight is 294 g/mol. The van der Waals surface area contributed by atoms with Gasteiger partial charge in [0.15, 0.2) is 0 Å². The Morgan fingerprint density at radius 1 is 0.714 bits per heavy atom. The summed E-state index contributed by atoms with van der Waals surface area (Å²) in [5.41, 5.74) is 0. The SMILES string of the molecule is O=C(C1CCC(C(=O)N2CCOCC2)CC1)N1CCCC1. The van der Waals surface area contributed by atoms with Gasteiger partial charge in [-0.05, 0) is 38.5 Å². The summed E-state index contributed by atoms with van der Waals surface area (Å²) in [5, 5.41) is 0. The minimum atomic E-state index is 0.130. The van der Waals surface area contributed by atoms with E-state index in [-0.39, 0.29) is 17.7 Å². The van der Waals surface area contributed by atoms with Crippen molar-refractivity contribution in [3.8, 4) is 0 Å². The third kappa shape index (κ3) is 3.39. The second-order valence-corrected chi connectivity index (χ2v) is 6.52. The predicted molar refractivity (Wildman–Crippen MR) is 78.7 cm³/mol. The van der Waals surface area contributed by atoms with Crippen molar-refractivity contribution in [1.29, 1.82) is 0 Å². The minimum Gasteiger partial charge on any atom is -0.378 e. The number of ether oxygens (including phenoxy) is 1. The summed E-state index contributed by atoms with van der Waals surface area (Å²) in [5.74, 6) is 0.915. The topological polar surface area (TPSA) is 49.9 Å². The Morgan fingerprint density at radius 2 is 1.14 bits per heavy atom. The molecule has 0 unspecified atom stereocenters. The van der Waals surface area contributed by atoms with Crippen molar-refractivity contribution in [2.24, 2.45) is 11.8 Å². The number of carbonyl (C=O) groups is 2. The molecule has 1 aliphatic carbocycles. The molecule has 1 saturated carbocycles. The van der Waals surface area contributed by atoms with Crippen molar-refractivity contribution in [2.45, 2.75) is 38.5 Å². The van der Waals surface area contributed by atoms with Crippen LogP contribution in [0, 0.1) is 11.8 Å². The van der Waals surface area contributed by atoms with E-state index >= 15 is 0 Å². The van der Waals surface area contributed by atoms with Crippen LogP contribution >= 0.6 is 0 Å². The van der Waals surface area contributed by atoms with Gasteiger partial charge in [-0.15, -0.1) is 0 Å². The first kappa shape index (κ1) is 14.8. The fourth-order valence-corrected chi connectivity index (χ4v) is 3.82. The number of amides is 2. The number of hydrogen-bond acceptors (Lipinski definition) is 3. The van der Waals surface area contributed by atoms with Gasteiger partial charge in [-0.3, -0.25) is 9.59 Å². The van der Waals surface area contributed by atoms with Gasteiger partial charge in [0.25, 0.3) is 0 Å². The van der Waals surface area contributed by atoms with Crippen molar-refractivity contribution >= 4 is 11.8 Å². The first-order valence-corrected chi connectivity index (χ1v) is 8.41. The zero-order chi connectivity index (χ0) is 14.7. The number of rotatable bonds is 2. The van der Waals surface area contributed by atoms with E-state index in [2.05, 4.69) is 0 Å². The minimum absolute atomic E-state index is 0.130. The van der Waals surface area contributed by atoms with Crippen LogP contribution in [0.3, 0.4) is 0 Å². The van der Waals surface area contributed by atoms with Gasteiger partial charge in [-0.25, -0.2) is 0 Å². The summed E-state index contributed by atoms with van der Waals surface area (Å²) in [6.45, 7) is 4.65. The van der Waals surface area contributed by atoms with Crippen LogP contribution in [0.5, 0.6) is 0 Å². The molecule has 3 aliphatic rings. The average Bonchev–Trinajstić information content (AvgIpc) is 3.09. The molecule has 0 N–H and O–H groups in total. The van der Waals surface area contributed by atoms with Gasteiger partial charge >= 0.3 is 0 Å². The van der Waals surface area contributed by atoms with Crippen LogP contribution in [0.4, 0.5) is 0 Å². The summed E-state index contributed by atoms with van der Waals surface area (Å²) in [4.78, 5) is 28.8. The molecule has 3 rings (SSSR count). The quantitative estimate of drug-likeness (QED) is 0.771. The molecule has 2 aliphatic heterocycles. The van der Waals surface area contributed by atoms with Crippen LogP contribution in [0.2, 0.25) is 0 Å². The van der Waals surface area contributed by atoms with Gasteiger partial charge in [0.2, 0.25) is 11.8 Å². The lowest BCUT2D eigenvalue weighted by Crippen LogP contribution is -2.45. The molecule has 2 heterocycles. The summed E-state index contributed by atoms with van der Waals surface area (Å²) < 4.78 is 5.30. The maximum Gasteiger partial charge on any atom is 0.225 e. The monoisotopic (exact) mass is 294 g/mol. The maximum absolute atomic E-state index is 12.5. The number of carbonyl (C=O) groups excluding carboxylic acids is 2. The largest absolute Gasteiger partial charge is 0.378 e. The molecule has 0 spiro atoms. The Balaban J connectivity index is 1.48. The molecular weight excluding hydrogens is 268 g/mol. The Labute approximate surface area is 126 Å². The summed E-state index contributed by atoms with van der Waals surface area (Å²) in [7, 11) is 0. The van der Waals surface area contributed by atoms with Crippen molar-refractivity contribution in [3.63, 3.8) is 0 Å². The molecule has 0 aromatic heterocycles. The first-order valence-electron chi connectivity index (χ1n) is 8.41. The van der Waals surface area contributed by atoms with Crippen LogP contribution < -0.4 is 0 Å².